The molecule has 0 fully saturated rings. The molecule has 0 aliphatic rings. The minimum absolute atomic E-state index is 0.243. The average molecular weight is 211 g/mol. The fourth-order valence-electron chi connectivity index (χ4n) is 0.933. The fraction of sp³-hybridized carbons (Fsp3) is 0.300. The Bertz CT molecular complexity index is 395. The van der Waals surface area contributed by atoms with Crippen molar-refractivity contribution >= 4 is 16.2 Å². The van der Waals surface area contributed by atoms with E-state index in [1.165, 1.54) is 6.21 Å². The molecular weight excluding hydrogens is 198 g/mol. The topological polar surface area (TPSA) is 46.5 Å². The molecule has 0 aromatic heterocycles. The fourth-order valence-corrected chi connectivity index (χ4v) is 1.86. The molecule has 76 valence electrons. The molecule has 0 N–H and O–H groups in total. The Balaban J connectivity index is 2.87. The van der Waals surface area contributed by atoms with Gasteiger partial charge in [-0.1, -0.05) is 31.5 Å². The van der Waals surface area contributed by atoms with Gasteiger partial charge in [0.25, 0.3) is 10.0 Å². The van der Waals surface area contributed by atoms with E-state index in [9.17, 15) is 8.42 Å². The van der Waals surface area contributed by atoms with Gasteiger partial charge in [-0.2, -0.15) is 12.8 Å². The Kier molecular flexibility index (Phi) is 3.83. The summed E-state index contributed by atoms with van der Waals surface area (Å²) >= 11 is 0. The SMILES string of the molecule is CCC/C=N\S(=O)(=O)c1ccccc1. The van der Waals surface area contributed by atoms with Crippen LogP contribution in [-0.4, -0.2) is 14.6 Å². The lowest BCUT2D eigenvalue weighted by molar-refractivity contribution is 0.598. The van der Waals surface area contributed by atoms with Crippen LogP contribution in [0.4, 0.5) is 0 Å². The average Bonchev–Trinajstić information content (AvgIpc) is 2.19. The molecule has 1 aromatic carbocycles. The Labute approximate surface area is 84.5 Å². The first kappa shape index (κ1) is 10.9. The van der Waals surface area contributed by atoms with Crippen LogP contribution < -0.4 is 0 Å². The number of hydrogen-bond donors (Lipinski definition) is 0. The summed E-state index contributed by atoms with van der Waals surface area (Å²) in [5, 5.41) is 0. The summed E-state index contributed by atoms with van der Waals surface area (Å²) < 4.78 is 26.6. The number of unbranched alkanes of at least 4 members (excludes halogenated alkanes) is 1. The van der Waals surface area contributed by atoms with E-state index >= 15 is 0 Å². The van der Waals surface area contributed by atoms with Crippen molar-refractivity contribution < 1.29 is 8.42 Å². The summed E-state index contributed by atoms with van der Waals surface area (Å²) in [6.07, 6.45) is 3.03. The van der Waals surface area contributed by atoms with Crippen molar-refractivity contribution in [1.82, 2.24) is 0 Å². The maximum atomic E-state index is 11.5. The summed E-state index contributed by atoms with van der Waals surface area (Å²) in [5.74, 6) is 0. The highest BCUT2D eigenvalue weighted by atomic mass is 32.2. The second-order valence-corrected chi connectivity index (χ2v) is 4.50. The highest BCUT2D eigenvalue weighted by Crippen LogP contribution is 2.10. The molecular formula is C10H13NO2S. The summed E-state index contributed by atoms with van der Waals surface area (Å²) in [6.45, 7) is 1.97. The number of nitrogens with zero attached hydrogens (tertiary/aromatic N) is 1. The standard InChI is InChI=1S/C10H13NO2S/c1-2-3-9-11-14(12,13)10-7-5-4-6-8-10/h4-9H,2-3H2,1H3/b11-9-. The van der Waals surface area contributed by atoms with Crippen LogP contribution in [0.15, 0.2) is 39.6 Å². The third kappa shape index (κ3) is 2.96. The Hall–Kier alpha value is -1.16. The summed E-state index contributed by atoms with van der Waals surface area (Å²) in [7, 11) is -3.46. The third-order valence-electron chi connectivity index (χ3n) is 1.67. The smallest absolute Gasteiger partial charge is 0.199 e. The van der Waals surface area contributed by atoms with Crippen LogP contribution >= 0.6 is 0 Å². The number of rotatable bonds is 4. The van der Waals surface area contributed by atoms with Gasteiger partial charge in [0.1, 0.15) is 0 Å². The maximum absolute atomic E-state index is 11.5. The zero-order chi connectivity index (χ0) is 10.4. The van der Waals surface area contributed by atoms with Crippen LogP contribution in [-0.2, 0) is 10.0 Å². The van der Waals surface area contributed by atoms with Crippen LogP contribution in [0.3, 0.4) is 0 Å². The van der Waals surface area contributed by atoms with Crippen molar-refractivity contribution in [2.24, 2.45) is 4.40 Å². The highest BCUT2D eigenvalue weighted by Gasteiger charge is 2.09. The zero-order valence-corrected chi connectivity index (χ0v) is 8.87. The van der Waals surface area contributed by atoms with E-state index in [-0.39, 0.29) is 4.90 Å². The van der Waals surface area contributed by atoms with Crippen molar-refractivity contribution in [2.45, 2.75) is 24.7 Å². The van der Waals surface area contributed by atoms with E-state index in [0.717, 1.165) is 6.42 Å². The third-order valence-corrected chi connectivity index (χ3v) is 2.97. The van der Waals surface area contributed by atoms with Gasteiger partial charge in [0, 0.05) is 6.21 Å². The molecule has 0 unspecified atom stereocenters. The van der Waals surface area contributed by atoms with Gasteiger partial charge >= 0.3 is 0 Å². The Morgan fingerprint density at radius 3 is 2.50 bits per heavy atom. The number of hydrogen-bond acceptors (Lipinski definition) is 2. The highest BCUT2D eigenvalue weighted by molar-refractivity contribution is 7.90. The molecule has 0 bridgehead atoms. The molecule has 1 aromatic rings. The molecule has 0 amide bonds. The lowest BCUT2D eigenvalue weighted by Gasteiger charge is -1.96. The minimum Gasteiger partial charge on any atom is -0.199 e. The molecule has 14 heavy (non-hydrogen) atoms. The lowest BCUT2D eigenvalue weighted by Crippen LogP contribution is -1.96. The quantitative estimate of drug-likeness (QED) is 0.717. The van der Waals surface area contributed by atoms with Crippen LogP contribution in [0.5, 0.6) is 0 Å². The van der Waals surface area contributed by atoms with Crippen LogP contribution in [0.1, 0.15) is 19.8 Å². The minimum atomic E-state index is -3.46. The van der Waals surface area contributed by atoms with Gasteiger partial charge in [-0.05, 0) is 18.6 Å². The first-order valence-corrected chi connectivity index (χ1v) is 5.94. The Morgan fingerprint density at radius 1 is 1.29 bits per heavy atom. The summed E-state index contributed by atoms with van der Waals surface area (Å²) in [5.41, 5.74) is 0. The van der Waals surface area contributed by atoms with Crippen LogP contribution in [0.2, 0.25) is 0 Å². The molecule has 0 saturated carbocycles. The van der Waals surface area contributed by atoms with E-state index in [1.54, 1.807) is 30.3 Å². The van der Waals surface area contributed by atoms with E-state index in [4.69, 9.17) is 0 Å². The van der Waals surface area contributed by atoms with Crippen LogP contribution in [0, 0.1) is 0 Å². The normalized spacial score (nSPS) is 12.1. The monoisotopic (exact) mass is 211 g/mol. The summed E-state index contributed by atoms with van der Waals surface area (Å²) in [6, 6.07) is 8.22. The van der Waals surface area contributed by atoms with E-state index in [2.05, 4.69) is 4.40 Å². The van der Waals surface area contributed by atoms with E-state index < -0.39 is 10.0 Å². The van der Waals surface area contributed by atoms with Gasteiger partial charge in [-0.25, -0.2) is 0 Å². The van der Waals surface area contributed by atoms with Crippen molar-refractivity contribution in [3.63, 3.8) is 0 Å². The van der Waals surface area contributed by atoms with Gasteiger partial charge < -0.3 is 0 Å². The summed E-state index contributed by atoms with van der Waals surface area (Å²) in [4.78, 5) is 0.243. The molecule has 0 radical (unpaired) electrons. The van der Waals surface area contributed by atoms with Gasteiger partial charge in [0.15, 0.2) is 0 Å². The largest absolute Gasteiger partial charge is 0.281 e. The molecule has 1 rings (SSSR count). The molecule has 3 nitrogen and oxygen atoms in total. The lowest BCUT2D eigenvalue weighted by atomic mass is 10.4. The molecule has 0 saturated heterocycles. The van der Waals surface area contributed by atoms with Crippen molar-refractivity contribution in [1.29, 1.82) is 0 Å². The second kappa shape index (κ2) is 4.91. The first-order valence-electron chi connectivity index (χ1n) is 4.50. The van der Waals surface area contributed by atoms with Gasteiger partial charge in [0.2, 0.25) is 0 Å². The Morgan fingerprint density at radius 2 is 1.93 bits per heavy atom. The van der Waals surface area contributed by atoms with Crippen molar-refractivity contribution in [2.75, 3.05) is 0 Å². The van der Waals surface area contributed by atoms with Crippen molar-refractivity contribution in [3.8, 4) is 0 Å². The molecule has 0 atom stereocenters. The van der Waals surface area contributed by atoms with Gasteiger partial charge in [-0.15, -0.1) is 0 Å². The number of benzene rings is 1. The predicted octanol–water partition coefficient (Wildman–Crippen LogP) is 2.25. The predicted molar refractivity (Wildman–Crippen MR) is 57.0 cm³/mol. The van der Waals surface area contributed by atoms with Crippen molar-refractivity contribution in [3.05, 3.63) is 30.3 Å². The van der Waals surface area contributed by atoms with E-state index in [0.29, 0.717) is 6.42 Å². The molecule has 0 aliphatic carbocycles. The molecule has 4 heteroatoms. The molecule has 0 aliphatic heterocycles. The first-order chi connectivity index (χ1) is 6.67. The van der Waals surface area contributed by atoms with Gasteiger partial charge in [0.05, 0.1) is 4.90 Å². The second-order valence-electron chi connectivity index (χ2n) is 2.86. The zero-order valence-electron chi connectivity index (χ0n) is 8.05. The molecule has 0 heterocycles. The number of sulfonamides is 1. The molecule has 0 spiro atoms. The maximum Gasteiger partial charge on any atom is 0.281 e. The van der Waals surface area contributed by atoms with Gasteiger partial charge in [-0.3, -0.25) is 0 Å². The van der Waals surface area contributed by atoms with Crippen LogP contribution in [0.25, 0.3) is 0 Å². The van der Waals surface area contributed by atoms with E-state index in [1.807, 2.05) is 6.92 Å².